The zero-order chi connectivity index (χ0) is 13.0. The van der Waals surface area contributed by atoms with E-state index in [-0.39, 0.29) is 16.8 Å². The summed E-state index contributed by atoms with van der Waals surface area (Å²) in [5.74, 6) is 0.0518. The van der Waals surface area contributed by atoms with Crippen LogP contribution in [-0.2, 0) is 11.3 Å². The number of rotatable bonds is 4. The number of carbonyl (C=O) groups is 1. The van der Waals surface area contributed by atoms with Gasteiger partial charge in [0.25, 0.3) is 0 Å². The van der Waals surface area contributed by atoms with Gasteiger partial charge in [-0.15, -0.1) is 5.10 Å². The van der Waals surface area contributed by atoms with Gasteiger partial charge in [-0.25, -0.2) is 9.89 Å². The first-order valence-electron chi connectivity index (χ1n) is 6.32. The first-order chi connectivity index (χ1) is 8.72. The van der Waals surface area contributed by atoms with Gasteiger partial charge in [-0.2, -0.15) is 0 Å². The second kappa shape index (κ2) is 6.08. The molecule has 1 aromatic rings. The van der Waals surface area contributed by atoms with Gasteiger partial charge in [0.05, 0.1) is 5.25 Å². The van der Waals surface area contributed by atoms with Crippen LogP contribution in [0.1, 0.15) is 32.6 Å². The zero-order valence-corrected chi connectivity index (χ0v) is 11.3. The van der Waals surface area contributed by atoms with Crippen molar-refractivity contribution in [3.05, 3.63) is 10.5 Å². The minimum Gasteiger partial charge on any atom is -0.355 e. The van der Waals surface area contributed by atoms with E-state index in [4.69, 9.17) is 0 Å². The maximum Gasteiger partial charge on any atom is 0.343 e. The van der Waals surface area contributed by atoms with Gasteiger partial charge in [-0.1, -0.05) is 25.1 Å². The number of thioether (sulfide) groups is 1. The lowest BCUT2D eigenvalue weighted by Gasteiger charge is -2.12. The Bertz CT molecular complexity index is 468. The molecule has 2 N–H and O–H groups in total. The molecule has 1 aliphatic rings. The third-order valence-electron chi connectivity index (χ3n) is 2.90. The van der Waals surface area contributed by atoms with E-state index < -0.39 is 0 Å². The first kappa shape index (κ1) is 13.2. The lowest BCUT2D eigenvalue weighted by Crippen LogP contribution is -2.31. The number of carbonyl (C=O) groups excluding carboxylic acids is 1. The third-order valence-corrected chi connectivity index (χ3v) is 4.16. The summed E-state index contributed by atoms with van der Waals surface area (Å²) in [6.07, 6.45) is 3.75. The van der Waals surface area contributed by atoms with E-state index in [1.165, 1.54) is 11.8 Å². The van der Waals surface area contributed by atoms with Crippen molar-refractivity contribution in [2.45, 2.75) is 49.6 Å². The lowest BCUT2D eigenvalue weighted by atomic mass is 10.2. The Kier molecular flexibility index (Phi) is 4.46. The fraction of sp³-hybridized carbons (Fsp3) is 0.727. The molecule has 0 unspecified atom stereocenters. The van der Waals surface area contributed by atoms with Crippen molar-refractivity contribution in [1.82, 2.24) is 20.1 Å². The maximum absolute atomic E-state index is 11.8. The molecule has 1 aliphatic heterocycles. The Morgan fingerprint density at radius 2 is 2.28 bits per heavy atom. The molecule has 1 atom stereocenters. The molecule has 7 heteroatoms. The number of nitrogens with one attached hydrogen (secondary N) is 2. The van der Waals surface area contributed by atoms with Gasteiger partial charge in [0.15, 0.2) is 5.16 Å². The van der Waals surface area contributed by atoms with Crippen LogP contribution in [0.25, 0.3) is 0 Å². The second-order valence-electron chi connectivity index (χ2n) is 4.36. The van der Waals surface area contributed by atoms with Crippen LogP contribution in [0, 0.1) is 0 Å². The van der Waals surface area contributed by atoms with E-state index >= 15 is 0 Å². The summed E-state index contributed by atoms with van der Waals surface area (Å²) in [7, 11) is 0. The molecule has 2 rings (SSSR count). The molecule has 0 radical (unpaired) electrons. The molecule has 0 aliphatic carbocycles. The molecule has 2 heterocycles. The van der Waals surface area contributed by atoms with Gasteiger partial charge in [-0.05, 0) is 19.3 Å². The molecular weight excluding hydrogens is 252 g/mol. The summed E-state index contributed by atoms with van der Waals surface area (Å²) in [6, 6.07) is 0. The first-order valence-corrected chi connectivity index (χ1v) is 7.20. The molecule has 6 nitrogen and oxygen atoms in total. The summed E-state index contributed by atoms with van der Waals surface area (Å²) < 4.78 is 1.60. The van der Waals surface area contributed by atoms with Gasteiger partial charge >= 0.3 is 5.69 Å². The molecule has 100 valence electrons. The summed E-state index contributed by atoms with van der Waals surface area (Å²) >= 11 is 1.38. The molecule has 0 aromatic carbocycles. The smallest absolute Gasteiger partial charge is 0.343 e. The predicted molar refractivity (Wildman–Crippen MR) is 69.6 cm³/mol. The average Bonchev–Trinajstić information content (AvgIpc) is 2.57. The quantitative estimate of drug-likeness (QED) is 0.846. The molecule has 18 heavy (non-hydrogen) atoms. The highest BCUT2D eigenvalue weighted by Gasteiger charge is 2.24. The van der Waals surface area contributed by atoms with E-state index in [1.54, 1.807) is 4.57 Å². The van der Waals surface area contributed by atoms with E-state index in [0.717, 1.165) is 32.2 Å². The highest BCUT2D eigenvalue weighted by Crippen LogP contribution is 2.25. The number of nitrogens with zero attached hydrogens (tertiary/aromatic N) is 2. The predicted octanol–water partition coefficient (Wildman–Crippen LogP) is 0.742. The molecule has 1 fully saturated rings. The standard InChI is InChI=1S/C11H18N4O2S/c1-2-7-15-10(17)13-14-11(15)18-8-5-3-4-6-12-9(8)16/h8H,2-7H2,1H3,(H,12,16)(H,13,17)/t8-/m1/s1. The Labute approximate surface area is 110 Å². The van der Waals surface area contributed by atoms with E-state index in [1.807, 2.05) is 6.92 Å². The molecule has 1 amide bonds. The summed E-state index contributed by atoms with van der Waals surface area (Å²) in [5.41, 5.74) is -0.201. The molecule has 1 aromatic heterocycles. The highest BCUT2D eigenvalue weighted by molar-refractivity contribution is 8.00. The van der Waals surface area contributed by atoms with Crippen molar-refractivity contribution < 1.29 is 4.79 Å². The second-order valence-corrected chi connectivity index (χ2v) is 5.53. The average molecular weight is 270 g/mol. The summed E-state index contributed by atoms with van der Waals surface area (Å²) in [4.78, 5) is 23.4. The van der Waals surface area contributed by atoms with Gasteiger partial charge in [-0.3, -0.25) is 9.36 Å². The van der Waals surface area contributed by atoms with Crippen LogP contribution in [0.3, 0.4) is 0 Å². The van der Waals surface area contributed by atoms with Crippen LogP contribution in [0.15, 0.2) is 9.95 Å². The van der Waals surface area contributed by atoms with Crippen molar-refractivity contribution in [2.75, 3.05) is 6.54 Å². The third kappa shape index (κ3) is 2.95. The molecule has 0 saturated carbocycles. The van der Waals surface area contributed by atoms with E-state index in [2.05, 4.69) is 15.5 Å². The van der Waals surface area contributed by atoms with Gasteiger partial charge in [0.2, 0.25) is 5.91 Å². The molecule has 1 saturated heterocycles. The Morgan fingerprint density at radius 1 is 1.44 bits per heavy atom. The van der Waals surface area contributed by atoms with Crippen LogP contribution in [0.5, 0.6) is 0 Å². The maximum atomic E-state index is 11.8. The number of hydrogen-bond donors (Lipinski definition) is 2. The molecule has 0 spiro atoms. The summed E-state index contributed by atoms with van der Waals surface area (Å²) in [6.45, 7) is 3.39. The number of aromatic amines is 1. The Balaban J connectivity index is 2.12. The SMILES string of the molecule is CCCn1c(S[C@@H]2CCCCNC2=O)n[nH]c1=O. The van der Waals surface area contributed by atoms with Crippen molar-refractivity contribution >= 4 is 17.7 Å². The van der Waals surface area contributed by atoms with Crippen molar-refractivity contribution in [3.8, 4) is 0 Å². The Hall–Kier alpha value is -1.24. The van der Waals surface area contributed by atoms with E-state index in [9.17, 15) is 9.59 Å². The van der Waals surface area contributed by atoms with Crippen molar-refractivity contribution in [3.63, 3.8) is 0 Å². The monoisotopic (exact) mass is 270 g/mol. The van der Waals surface area contributed by atoms with Crippen LogP contribution in [0.4, 0.5) is 0 Å². The normalized spacial score (nSPS) is 20.5. The van der Waals surface area contributed by atoms with Crippen LogP contribution < -0.4 is 11.0 Å². The minimum atomic E-state index is -0.201. The minimum absolute atomic E-state index is 0.0518. The van der Waals surface area contributed by atoms with Gasteiger partial charge < -0.3 is 5.32 Å². The van der Waals surface area contributed by atoms with Gasteiger partial charge in [0, 0.05) is 13.1 Å². The fourth-order valence-electron chi connectivity index (χ4n) is 1.96. The number of hydrogen-bond acceptors (Lipinski definition) is 4. The van der Waals surface area contributed by atoms with Crippen LogP contribution in [-0.4, -0.2) is 32.5 Å². The Morgan fingerprint density at radius 3 is 3.06 bits per heavy atom. The number of aromatic nitrogens is 3. The summed E-state index contributed by atoms with van der Waals surface area (Å²) in [5, 5.41) is 9.81. The highest BCUT2D eigenvalue weighted by atomic mass is 32.2. The molecular formula is C11H18N4O2S. The van der Waals surface area contributed by atoms with Crippen LogP contribution in [0.2, 0.25) is 0 Å². The van der Waals surface area contributed by atoms with Crippen LogP contribution >= 0.6 is 11.8 Å². The topological polar surface area (TPSA) is 79.8 Å². The van der Waals surface area contributed by atoms with Crippen molar-refractivity contribution in [1.29, 1.82) is 0 Å². The van der Waals surface area contributed by atoms with Gasteiger partial charge in [0.1, 0.15) is 0 Å². The fourth-order valence-corrected chi connectivity index (χ4v) is 3.09. The lowest BCUT2D eigenvalue weighted by molar-refractivity contribution is -0.120. The zero-order valence-electron chi connectivity index (χ0n) is 10.4. The molecule has 0 bridgehead atoms. The van der Waals surface area contributed by atoms with Crippen molar-refractivity contribution in [2.24, 2.45) is 0 Å². The largest absolute Gasteiger partial charge is 0.355 e. The van der Waals surface area contributed by atoms with E-state index in [0.29, 0.717) is 11.7 Å². The number of amides is 1. The number of H-pyrrole nitrogens is 1.